The third-order valence-corrected chi connectivity index (χ3v) is 5.67. The molecule has 31 heavy (non-hydrogen) atoms. The van der Waals surface area contributed by atoms with Crippen molar-refractivity contribution >= 4 is 12.1 Å². The van der Waals surface area contributed by atoms with Crippen LogP contribution in [0.5, 0.6) is 0 Å². The molecule has 160 valence electrons. The topological polar surface area (TPSA) is 80.6 Å². The molecule has 0 saturated carbocycles. The van der Waals surface area contributed by atoms with Crippen LogP contribution in [0.4, 0.5) is 4.79 Å². The molecule has 6 heteroatoms. The highest BCUT2D eigenvalue weighted by Gasteiger charge is 2.29. The van der Waals surface area contributed by atoms with Crippen molar-refractivity contribution < 1.29 is 19.4 Å². The summed E-state index contributed by atoms with van der Waals surface area (Å²) in [7, 11) is 0. The molecule has 0 aliphatic heterocycles. The Labute approximate surface area is 181 Å². The summed E-state index contributed by atoms with van der Waals surface area (Å²) < 4.78 is 7.50. The molecule has 0 radical (unpaired) electrons. The first-order chi connectivity index (χ1) is 15.1. The zero-order valence-electron chi connectivity index (χ0n) is 17.5. The van der Waals surface area contributed by atoms with Crippen LogP contribution < -0.4 is 5.32 Å². The Kier molecular flexibility index (Phi) is 6.07. The Bertz CT molecular complexity index is 1040. The highest BCUT2D eigenvalue weighted by atomic mass is 16.5. The van der Waals surface area contributed by atoms with Gasteiger partial charge in [-0.05, 0) is 40.3 Å². The number of carboxylic acids is 1. The van der Waals surface area contributed by atoms with Crippen molar-refractivity contribution in [1.29, 1.82) is 0 Å². The second-order valence-electron chi connectivity index (χ2n) is 7.82. The Morgan fingerprint density at radius 2 is 1.71 bits per heavy atom. The average molecular weight is 418 g/mol. The van der Waals surface area contributed by atoms with Gasteiger partial charge in [-0.3, -0.25) is 0 Å². The van der Waals surface area contributed by atoms with Crippen LogP contribution in [0.25, 0.3) is 11.1 Å². The van der Waals surface area contributed by atoms with Gasteiger partial charge in [-0.2, -0.15) is 0 Å². The summed E-state index contributed by atoms with van der Waals surface area (Å²) in [5, 5.41) is 12.1. The number of carbonyl (C=O) groups is 2. The largest absolute Gasteiger partial charge is 0.480 e. The third-order valence-electron chi connectivity index (χ3n) is 5.67. The molecule has 1 aliphatic carbocycles. The van der Waals surface area contributed by atoms with Crippen LogP contribution in [0.3, 0.4) is 0 Å². The lowest BCUT2D eigenvalue weighted by Crippen LogP contribution is -2.42. The summed E-state index contributed by atoms with van der Waals surface area (Å²) in [6.45, 7) is 3.11. The predicted octanol–water partition coefficient (Wildman–Crippen LogP) is 4.43. The molecule has 1 aliphatic rings. The van der Waals surface area contributed by atoms with Gasteiger partial charge in [0.25, 0.3) is 0 Å². The van der Waals surface area contributed by atoms with E-state index in [1.165, 1.54) is 0 Å². The van der Waals surface area contributed by atoms with E-state index in [9.17, 15) is 14.7 Å². The van der Waals surface area contributed by atoms with Crippen molar-refractivity contribution in [3.8, 4) is 11.1 Å². The van der Waals surface area contributed by atoms with Crippen LogP contribution in [0.15, 0.2) is 67.0 Å². The lowest BCUT2D eigenvalue weighted by Gasteiger charge is -2.17. The molecule has 0 bridgehead atoms. The number of hydrogen-bond donors (Lipinski definition) is 2. The standard InChI is InChI=1S/C25H26N2O4/c1-2-12-27-13-11-17(15-27)14-23(24(28)29)26-25(30)31-16-22-20-9-5-3-7-18(20)19-8-4-6-10-21(19)22/h3-11,13,15,22-23H,2,12,14,16H2,1H3,(H,26,30)(H,28,29). The van der Waals surface area contributed by atoms with Crippen LogP contribution >= 0.6 is 0 Å². The van der Waals surface area contributed by atoms with Crippen molar-refractivity contribution in [3.63, 3.8) is 0 Å². The number of fused-ring (bicyclic) bond motifs is 3. The van der Waals surface area contributed by atoms with E-state index in [0.717, 1.165) is 40.8 Å². The number of amides is 1. The Hall–Kier alpha value is -3.54. The molecule has 1 aromatic heterocycles. The van der Waals surface area contributed by atoms with Gasteiger partial charge in [0.1, 0.15) is 12.6 Å². The Morgan fingerprint density at radius 3 is 2.32 bits per heavy atom. The van der Waals surface area contributed by atoms with Crippen molar-refractivity contribution in [1.82, 2.24) is 9.88 Å². The average Bonchev–Trinajstić information content (AvgIpc) is 3.34. The number of aromatic nitrogens is 1. The van der Waals surface area contributed by atoms with Crippen molar-refractivity contribution in [3.05, 3.63) is 83.7 Å². The molecule has 1 unspecified atom stereocenters. The Morgan fingerprint density at radius 1 is 1.06 bits per heavy atom. The zero-order valence-corrected chi connectivity index (χ0v) is 17.5. The molecule has 1 heterocycles. The van der Waals surface area contributed by atoms with E-state index in [1.54, 1.807) is 0 Å². The number of ether oxygens (including phenoxy) is 1. The number of hydrogen-bond acceptors (Lipinski definition) is 3. The van der Waals surface area contributed by atoms with Crippen LogP contribution in [-0.4, -0.2) is 34.4 Å². The summed E-state index contributed by atoms with van der Waals surface area (Å²) in [4.78, 5) is 24.1. The molecule has 1 amide bonds. The molecule has 2 aromatic carbocycles. The lowest BCUT2D eigenvalue weighted by molar-refractivity contribution is -0.139. The third kappa shape index (κ3) is 4.48. The van der Waals surface area contributed by atoms with Crippen LogP contribution in [0.1, 0.15) is 36.0 Å². The normalized spacial score (nSPS) is 13.3. The molecule has 0 saturated heterocycles. The van der Waals surface area contributed by atoms with Crippen molar-refractivity contribution in [2.24, 2.45) is 0 Å². The highest BCUT2D eigenvalue weighted by molar-refractivity contribution is 5.81. The van der Waals surface area contributed by atoms with E-state index in [0.29, 0.717) is 0 Å². The van der Waals surface area contributed by atoms with Gasteiger partial charge in [0.15, 0.2) is 0 Å². The number of carboxylic acid groups (broad SMARTS) is 1. The van der Waals surface area contributed by atoms with Gasteiger partial charge in [-0.25, -0.2) is 9.59 Å². The van der Waals surface area contributed by atoms with E-state index in [4.69, 9.17) is 4.74 Å². The fraction of sp³-hybridized carbons (Fsp3) is 0.280. The number of aryl methyl sites for hydroxylation is 1. The van der Waals surface area contributed by atoms with Gasteiger partial charge < -0.3 is 19.7 Å². The first kappa shape index (κ1) is 20.7. The second kappa shape index (κ2) is 9.08. The quantitative estimate of drug-likeness (QED) is 0.567. The molecular weight excluding hydrogens is 392 g/mol. The molecule has 2 N–H and O–H groups in total. The molecule has 0 spiro atoms. The van der Waals surface area contributed by atoms with Gasteiger partial charge in [0, 0.05) is 31.3 Å². The minimum atomic E-state index is -1.09. The summed E-state index contributed by atoms with van der Waals surface area (Å²) in [5.74, 6) is -1.15. The maximum atomic E-state index is 12.4. The van der Waals surface area contributed by atoms with Gasteiger partial charge in [-0.15, -0.1) is 0 Å². The maximum absolute atomic E-state index is 12.4. The summed E-state index contributed by atoms with van der Waals surface area (Å²) >= 11 is 0. The van der Waals surface area contributed by atoms with Gasteiger partial charge >= 0.3 is 12.1 Å². The van der Waals surface area contributed by atoms with Gasteiger partial charge in [-0.1, -0.05) is 55.5 Å². The van der Waals surface area contributed by atoms with Crippen molar-refractivity contribution in [2.75, 3.05) is 6.61 Å². The summed E-state index contributed by atoms with van der Waals surface area (Å²) in [6, 6.07) is 17.0. The fourth-order valence-corrected chi connectivity index (χ4v) is 4.23. The first-order valence-electron chi connectivity index (χ1n) is 10.6. The van der Waals surface area contributed by atoms with Crippen LogP contribution in [-0.2, 0) is 22.5 Å². The summed E-state index contributed by atoms with van der Waals surface area (Å²) in [5.41, 5.74) is 5.38. The molecule has 3 aromatic rings. The molecule has 6 nitrogen and oxygen atoms in total. The first-order valence-corrected chi connectivity index (χ1v) is 10.6. The number of carbonyl (C=O) groups excluding carboxylic acids is 1. The van der Waals surface area contributed by atoms with E-state index < -0.39 is 18.1 Å². The molecule has 0 fully saturated rings. The number of rotatable bonds is 8. The fourth-order valence-electron chi connectivity index (χ4n) is 4.23. The predicted molar refractivity (Wildman–Crippen MR) is 118 cm³/mol. The Balaban J connectivity index is 1.40. The maximum Gasteiger partial charge on any atom is 0.407 e. The minimum absolute atomic E-state index is 0.0653. The zero-order chi connectivity index (χ0) is 21.8. The highest BCUT2D eigenvalue weighted by Crippen LogP contribution is 2.44. The van der Waals surface area contributed by atoms with Crippen LogP contribution in [0, 0.1) is 0 Å². The summed E-state index contributed by atoms with van der Waals surface area (Å²) in [6.07, 6.45) is 4.32. The van der Waals surface area contributed by atoms with Crippen molar-refractivity contribution in [2.45, 2.75) is 38.3 Å². The smallest absolute Gasteiger partial charge is 0.407 e. The van der Waals surface area contributed by atoms with Gasteiger partial charge in [0.2, 0.25) is 0 Å². The van der Waals surface area contributed by atoms with E-state index >= 15 is 0 Å². The minimum Gasteiger partial charge on any atom is -0.480 e. The molecule has 1 atom stereocenters. The van der Waals surface area contributed by atoms with E-state index in [2.05, 4.69) is 24.4 Å². The number of alkyl carbamates (subject to hydrolysis) is 1. The SMILES string of the molecule is CCCn1ccc(CC(NC(=O)OCC2c3ccccc3-c3ccccc32)C(=O)O)c1. The van der Waals surface area contributed by atoms with E-state index in [-0.39, 0.29) is 18.9 Å². The van der Waals surface area contributed by atoms with Crippen LogP contribution in [0.2, 0.25) is 0 Å². The monoisotopic (exact) mass is 418 g/mol. The second-order valence-corrected chi connectivity index (χ2v) is 7.82. The number of nitrogens with one attached hydrogen (secondary N) is 1. The molecular formula is C25H26N2O4. The number of benzene rings is 2. The number of aliphatic carboxylic acids is 1. The van der Waals surface area contributed by atoms with Gasteiger partial charge in [0.05, 0.1) is 0 Å². The van der Waals surface area contributed by atoms with E-state index in [1.807, 2.05) is 59.4 Å². The number of nitrogens with zero attached hydrogens (tertiary/aromatic N) is 1. The lowest BCUT2D eigenvalue weighted by atomic mass is 9.98. The molecule has 4 rings (SSSR count).